The minimum absolute atomic E-state index is 0.134. The molecule has 2 aromatic carbocycles. The van der Waals surface area contributed by atoms with Crippen LogP contribution in [0.2, 0.25) is 0 Å². The Morgan fingerprint density at radius 3 is 2.52 bits per heavy atom. The van der Waals surface area contributed by atoms with E-state index in [1.54, 1.807) is 0 Å². The van der Waals surface area contributed by atoms with Crippen LogP contribution in [0.25, 0.3) is 0 Å². The molecule has 5 nitrogen and oxygen atoms in total. The van der Waals surface area contributed by atoms with E-state index in [1.165, 1.54) is 30.4 Å². The van der Waals surface area contributed by atoms with E-state index in [1.807, 2.05) is 29.2 Å². The minimum atomic E-state index is 0.134. The number of guanidine groups is 1. The highest BCUT2D eigenvalue weighted by molar-refractivity contribution is 5.94. The maximum atomic E-state index is 12.6. The molecule has 0 unspecified atom stereocenters. The van der Waals surface area contributed by atoms with E-state index >= 15 is 0 Å². The lowest BCUT2D eigenvalue weighted by molar-refractivity contribution is 0.0724. The Morgan fingerprint density at radius 2 is 1.72 bits per heavy atom. The van der Waals surface area contributed by atoms with Crippen molar-refractivity contribution < 1.29 is 4.79 Å². The number of aryl methyl sites for hydroxylation is 1. The fourth-order valence-corrected chi connectivity index (χ4v) is 4.28. The lowest BCUT2D eigenvalue weighted by atomic mass is 9.90. The van der Waals surface area contributed by atoms with Gasteiger partial charge in [0.15, 0.2) is 5.96 Å². The molecule has 29 heavy (non-hydrogen) atoms. The molecule has 1 aliphatic carbocycles. The molecule has 0 spiro atoms. The van der Waals surface area contributed by atoms with E-state index in [4.69, 9.17) is 5.73 Å². The van der Waals surface area contributed by atoms with Crippen LogP contribution in [0, 0.1) is 0 Å². The zero-order valence-corrected chi connectivity index (χ0v) is 17.0. The lowest BCUT2D eigenvalue weighted by Crippen LogP contribution is -2.35. The van der Waals surface area contributed by atoms with Crippen LogP contribution in [0.15, 0.2) is 47.5 Å². The first kappa shape index (κ1) is 19.5. The molecule has 3 N–H and O–H groups in total. The van der Waals surface area contributed by atoms with Crippen LogP contribution in [0.1, 0.15) is 59.2 Å². The zero-order chi connectivity index (χ0) is 20.1. The molecule has 1 fully saturated rings. The third-order valence-corrected chi connectivity index (χ3v) is 5.93. The summed E-state index contributed by atoms with van der Waals surface area (Å²) in [7, 11) is 0. The SMILES string of the molecule is NC(=NCc1ccc(C(=O)N2CCCCC2)cc1)Nc1cccc2c1CCCC2. The van der Waals surface area contributed by atoms with Gasteiger partial charge in [-0.05, 0) is 79.8 Å². The average molecular weight is 391 g/mol. The number of carbonyl (C=O) groups is 1. The summed E-state index contributed by atoms with van der Waals surface area (Å²) in [5, 5.41) is 3.28. The molecule has 1 amide bonds. The third-order valence-electron chi connectivity index (χ3n) is 5.93. The molecule has 0 radical (unpaired) electrons. The van der Waals surface area contributed by atoms with Gasteiger partial charge in [0.1, 0.15) is 0 Å². The van der Waals surface area contributed by atoms with E-state index in [0.717, 1.165) is 55.6 Å². The highest BCUT2D eigenvalue weighted by atomic mass is 16.2. The fraction of sp³-hybridized carbons (Fsp3) is 0.417. The minimum Gasteiger partial charge on any atom is -0.370 e. The van der Waals surface area contributed by atoms with Gasteiger partial charge in [0.25, 0.3) is 5.91 Å². The number of nitrogens with zero attached hydrogens (tertiary/aromatic N) is 2. The number of amides is 1. The van der Waals surface area contributed by atoms with Crippen LogP contribution in [0.4, 0.5) is 5.69 Å². The van der Waals surface area contributed by atoms with E-state index in [-0.39, 0.29) is 5.91 Å². The Kier molecular flexibility index (Phi) is 6.13. The summed E-state index contributed by atoms with van der Waals surface area (Å²) in [5.74, 6) is 0.562. The van der Waals surface area contributed by atoms with Gasteiger partial charge in [-0.3, -0.25) is 4.79 Å². The van der Waals surface area contributed by atoms with Gasteiger partial charge in [-0.2, -0.15) is 0 Å². The third kappa shape index (κ3) is 4.78. The summed E-state index contributed by atoms with van der Waals surface area (Å²) in [5.41, 5.74) is 11.8. The molecule has 1 aliphatic heterocycles. The summed E-state index contributed by atoms with van der Waals surface area (Å²) in [6.45, 7) is 2.23. The number of fused-ring (bicyclic) bond motifs is 1. The topological polar surface area (TPSA) is 70.7 Å². The Balaban J connectivity index is 1.37. The molecule has 0 aromatic heterocycles. The Bertz CT molecular complexity index is 882. The van der Waals surface area contributed by atoms with Gasteiger partial charge in [-0.15, -0.1) is 0 Å². The highest BCUT2D eigenvalue weighted by Crippen LogP contribution is 2.27. The maximum Gasteiger partial charge on any atom is 0.253 e. The van der Waals surface area contributed by atoms with Crippen molar-refractivity contribution in [1.29, 1.82) is 0 Å². The van der Waals surface area contributed by atoms with Crippen LogP contribution >= 0.6 is 0 Å². The number of hydrogen-bond acceptors (Lipinski definition) is 2. The second kappa shape index (κ2) is 9.12. The molecular formula is C24H30N4O. The molecule has 2 aliphatic rings. The van der Waals surface area contributed by atoms with Crippen molar-refractivity contribution >= 4 is 17.6 Å². The summed E-state index contributed by atoms with van der Waals surface area (Å²) >= 11 is 0. The van der Waals surface area contributed by atoms with Crippen molar-refractivity contribution in [2.45, 2.75) is 51.5 Å². The van der Waals surface area contributed by atoms with Crippen LogP contribution in [-0.4, -0.2) is 29.9 Å². The number of rotatable bonds is 4. The molecule has 5 heteroatoms. The second-order valence-electron chi connectivity index (χ2n) is 8.03. The second-order valence-corrected chi connectivity index (χ2v) is 8.03. The van der Waals surface area contributed by atoms with Crippen molar-refractivity contribution in [3.63, 3.8) is 0 Å². The number of hydrogen-bond donors (Lipinski definition) is 2. The predicted molar refractivity (Wildman–Crippen MR) is 118 cm³/mol. The number of likely N-dealkylation sites (tertiary alicyclic amines) is 1. The molecule has 4 rings (SSSR count). The number of nitrogens with two attached hydrogens (primary N) is 1. The first-order chi connectivity index (χ1) is 14.2. The van der Waals surface area contributed by atoms with Crippen LogP contribution < -0.4 is 11.1 Å². The quantitative estimate of drug-likeness (QED) is 0.609. The first-order valence-corrected chi connectivity index (χ1v) is 10.8. The van der Waals surface area contributed by atoms with Crippen LogP contribution in [0.3, 0.4) is 0 Å². The van der Waals surface area contributed by atoms with Gasteiger partial charge < -0.3 is 16.0 Å². The summed E-state index contributed by atoms with van der Waals surface area (Å²) in [6, 6.07) is 14.1. The summed E-state index contributed by atoms with van der Waals surface area (Å²) in [6.07, 6.45) is 8.16. The van der Waals surface area contributed by atoms with E-state index < -0.39 is 0 Å². The molecular weight excluding hydrogens is 360 g/mol. The summed E-state index contributed by atoms with van der Waals surface area (Å²) < 4.78 is 0. The zero-order valence-electron chi connectivity index (χ0n) is 17.0. The van der Waals surface area contributed by atoms with Crippen molar-refractivity contribution in [3.8, 4) is 0 Å². The number of benzene rings is 2. The van der Waals surface area contributed by atoms with Gasteiger partial charge in [-0.1, -0.05) is 24.3 Å². The Labute approximate surface area is 173 Å². The molecule has 152 valence electrons. The fourth-order valence-electron chi connectivity index (χ4n) is 4.28. The van der Waals surface area contributed by atoms with Gasteiger partial charge >= 0.3 is 0 Å². The normalized spacial score (nSPS) is 17.0. The van der Waals surface area contributed by atoms with Crippen molar-refractivity contribution in [1.82, 2.24) is 4.90 Å². The number of nitrogens with one attached hydrogen (secondary N) is 1. The van der Waals surface area contributed by atoms with Crippen LogP contribution in [0.5, 0.6) is 0 Å². The van der Waals surface area contributed by atoms with Crippen LogP contribution in [-0.2, 0) is 19.4 Å². The highest BCUT2D eigenvalue weighted by Gasteiger charge is 2.18. The van der Waals surface area contributed by atoms with Crippen molar-refractivity contribution in [3.05, 3.63) is 64.7 Å². The smallest absolute Gasteiger partial charge is 0.253 e. The molecule has 2 aromatic rings. The molecule has 1 heterocycles. The van der Waals surface area contributed by atoms with E-state index in [0.29, 0.717) is 12.5 Å². The number of carbonyl (C=O) groups excluding carboxylic acids is 1. The molecule has 0 bridgehead atoms. The Hall–Kier alpha value is -2.82. The van der Waals surface area contributed by atoms with Crippen molar-refractivity contribution in [2.24, 2.45) is 10.7 Å². The lowest BCUT2D eigenvalue weighted by Gasteiger charge is -2.26. The maximum absolute atomic E-state index is 12.6. The number of piperidine rings is 1. The van der Waals surface area contributed by atoms with E-state index in [9.17, 15) is 4.79 Å². The monoisotopic (exact) mass is 390 g/mol. The first-order valence-electron chi connectivity index (χ1n) is 10.8. The van der Waals surface area contributed by atoms with Crippen molar-refractivity contribution in [2.75, 3.05) is 18.4 Å². The van der Waals surface area contributed by atoms with Gasteiger partial charge in [-0.25, -0.2) is 4.99 Å². The summed E-state index contributed by atoms with van der Waals surface area (Å²) in [4.78, 5) is 19.0. The average Bonchev–Trinajstić information content (AvgIpc) is 2.78. The molecule has 0 saturated carbocycles. The molecule has 0 atom stereocenters. The largest absolute Gasteiger partial charge is 0.370 e. The standard InChI is InChI=1S/C24H30N4O/c25-24(27-22-10-6-8-19-7-2-3-9-21(19)22)26-17-18-11-13-20(14-12-18)23(29)28-15-4-1-5-16-28/h6,8,10-14H,1-5,7,9,15-17H2,(H3,25,26,27). The Morgan fingerprint density at radius 1 is 0.966 bits per heavy atom. The number of aliphatic imine (C=N–C) groups is 1. The van der Waals surface area contributed by atoms with Gasteiger partial charge in [0.2, 0.25) is 0 Å². The van der Waals surface area contributed by atoms with Gasteiger partial charge in [0.05, 0.1) is 6.54 Å². The number of anilines is 1. The van der Waals surface area contributed by atoms with Gasteiger partial charge in [0, 0.05) is 24.3 Å². The van der Waals surface area contributed by atoms with E-state index in [2.05, 4.69) is 28.5 Å². The molecule has 1 saturated heterocycles. The predicted octanol–water partition coefficient (Wildman–Crippen LogP) is 4.12.